The molecule has 1 aliphatic rings. The molecular formula is C11H15N3OS. The van der Waals surface area contributed by atoms with Crippen molar-refractivity contribution in [3.63, 3.8) is 0 Å². The van der Waals surface area contributed by atoms with E-state index in [0.717, 1.165) is 30.3 Å². The monoisotopic (exact) mass is 237 g/mol. The topological polar surface area (TPSA) is 72.4 Å². The Balaban J connectivity index is 2.33. The van der Waals surface area contributed by atoms with Gasteiger partial charge in [-0.15, -0.1) is 0 Å². The molecule has 0 unspecified atom stereocenters. The third-order valence-electron chi connectivity index (χ3n) is 2.70. The minimum absolute atomic E-state index is 0.413. The predicted molar refractivity (Wildman–Crippen MR) is 68.9 cm³/mol. The first-order chi connectivity index (χ1) is 7.70. The average Bonchev–Trinajstić information content (AvgIpc) is 2.30. The van der Waals surface area contributed by atoms with E-state index in [2.05, 4.69) is 4.90 Å². The summed E-state index contributed by atoms with van der Waals surface area (Å²) in [6.07, 6.45) is 0. The number of carbonyl (C=O) groups excluding carboxylic acids is 1. The van der Waals surface area contributed by atoms with Crippen LogP contribution < -0.4 is 16.4 Å². The van der Waals surface area contributed by atoms with E-state index in [1.165, 1.54) is 0 Å². The summed E-state index contributed by atoms with van der Waals surface area (Å²) in [7, 11) is 0. The molecule has 1 fully saturated rings. The molecule has 1 aromatic carbocycles. The molecule has 0 radical (unpaired) electrons. The van der Waals surface area contributed by atoms with Gasteiger partial charge in [0.1, 0.15) is 0 Å². The number of nitrogens with two attached hydrogens (primary N) is 2. The Kier molecular flexibility index (Phi) is 3.24. The van der Waals surface area contributed by atoms with Gasteiger partial charge in [-0.2, -0.15) is 11.8 Å². The molecule has 1 amide bonds. The number of nitrogen functional groups attached to an aromatic ring is 1. The van der Waals surface area contributed by atoms with Gasteiger partial charge in [0.25, 0.3) is 5.91 Å². The van der Waals surface area contributed by atoms with Crippen molar-refractivity contribution in [1.29, 1.82) is 0 Å². The first kappa shape index (κ1) is 11.1. The lowest BCUT2D eigenvalue weighted by molar-refractivity contribution is 0.100. The molecule has 0 atom stereocenters. The molecule has 4 nitrogen and oxygen atoms in total. The SMILES string of the molecule is NC(=O)c1cccc(N2CCSCC2)c1N. The van der Waals surface area contributed by atoms with Crippen molar-refractivity contribution >= 4 is 29.0 Å². The summed E-state index contributed by atoms with van der Waals surface area (Å²) in [5.74, 6) is 1.73. The van der Waals surface area contributed by atoms with Crippen LogP contribution in [0.25, 0.3) is 0 Å². The van der Waals surface area contributed by atoms with Crippen molar-refractivity contribution in [2.75, 3.05) is 35.2 Å². The second-order valence-corrected chi connectivity index (χ2v) is 4.93. The maximum Gasteiger partial charge on any atom is 0.250 e. The van der Waals surface area contributed by atoms with Gasteiger partial charge in [0.15, 0.2) is 0 Å². The fraction of sp³-hybridized carbons (Fsp3) is 0.364. The van der Waals surface area contributed by atoms with Crippen LogP contribution in [0.2, 0.25) is 0 Å². The molecular weight excluding hydrogens is 222 g/mol. The molecule has 86 valence electrons. The standard InChI is InChI=1S/C11H15N3OS/c12-10-8(11(13)15)2-1-3-9(10)14-4-6-16-7-5-14/h1-3H,4-7,12H2,(H2,13,15). The van der Waals surface area contributed by atoms with E-state index < -0.39 is 5.91 Å². The number of thioether (sulfide) groups is 1. The number of primary amides is 1. The highest BCUT2D eigenvalue weighted by Crippen LogP contribution is 2.28. The molecule has 1 aromatic rings. The van der Waals surface area contributed by atoms with Gasteiger partial charge in [0.05, 0.1) is 16.9 Å². The van der Waals surface area contributed by atoms with Crippen molar-refractivity contribution in [3.8, 4) is 0 Å². The number of benzene rings is 1. The molecule has 0 spiro atoms. The highest BCUT2D eigenvalue weighted by molar-refractivity contribution is 7.99. The van der Waals surface area contributed by atoms with E-state index >= 15 is 0 Å². The maximum absolute atomic E-state index is 11.2. The largest absolute Gasteiger partial charge is 0.396 e. The van der Waals surface area contributed by atoms with E-state index in [0.29, 0.717) is 11.3 Å². The summed E-state index contributed by atoms with van der Waals surface area (Å²) in [6, 6.07) is 5.44. The fourth-order valence-corrected chi connectivity index (χ4v) is 2.75. The highest BCUT2D eigenvalue weighted by Gasteiger charge is 2.16. The Labute approximate surface area is 99.0 Å². The molecule has 1 aliphatic heterocycles. The van der Waals surface area contributed by atoms with E-state index in [1.54, 1.807) is 6.07 Å². The van der Waals surface area contributed by atoms with Crippen LogP contribution in [0.3, 0.4) is 0 Å². The zero-order chi connectivity index (χ0) is 11.5. The average molecular weight is 237 g/mol. The summed E-state index contributed by atoms with van der Waals surface area (Å²) in [6.45, 7) is 1.94. The Hall–Kier alpha value is -1.36. The lowest BCUT2D eigenvalue weighted by atomic mass is 10.1. The number of amides is 1. The molecule has 0 aromatic heterocycles. The third-order valence-corrected chi connectivity index (χ3v) is 3.64. The molecule has 0 bridgehead atoms. The van der Waals surface area contributed by atoms with Crippen LogP contribution in [-0.2, 0) is 0 Å². The fourth-order valence-electron chi connectivity index (χ4n) is 1.85. The van der Waals surface area contributed by atoms with Crippen molar-refractivity contribution in [2.24, 2.45) is 5.73 Å². The summed E-state index contributed by atoms with van der Waals surface area (Å²) < 4.78 is 0. The maximum atomic E-state index is 11.2. The first-order valence-electron chi connectivity index (χ1n) is 5.21. The van der Waals surface area contributed by atoms with Crippen molar-refractivity contribution in [1.82, 2.24) is 0 Å². The Morgan fingerprint density at radius 3 is 2.62 bits per heavy atom. The van der Waals surface area contributed by atoms with Crippen LogP contribution in [0.4, 0.5) is 11.4 Å². The number of nitrogens with zero attached hydrogens (tertiary/aromatic N) is 1. The van der Waals surface area contributed by atoms with Gasteiger partial charge in [-0.25, -0.2) is 0 Å². The second kappa shape index (κ2) is 4.65. The quantitative estimate of drug-likeness (QED) is 0.750. The Morgan fingerprint density at radius 1 is 1.31 bits per heavy atom. The normalized spacial score (nSPS) is 16.1. The zero-order valence-electron chi connectivity index (χ0n) is 8.98. The smallest absolute Gasteiger partial charge is 0.250 e. The molecule has 1 heterocycles. The first-order valence-corrected chi connectivity index (χ1v) is 6.36. The van der Waals surface area contributed by atoms with Crippen molar-refractivity contribution < 1.29 is 4.79 Å². The number of para-hydroxylation sites is 1. The minimum Gasteiger partial charge on any atom is -0.396 e. The number of anilines is 2. The van der Waals surface area contributed by atoms with Gasteiger partial charge in [0.2, 0.25) is 0 Å². The molecule has 1 saturated heterocycles. The van der Waals surface area contributed by atoms with Gasteiger partial charge < -0.3 is 16.4 Å². The summed E-state index contributed by atoms with van der Waals surface area (Å²) >= 11 is 1.94. The van der Waals surface area contributed by atoms with E-state index in [4.69, 9.17) is 11.5 Å². The predicted octanol–water partition coefficient (Wildman–Crippen LogP) is 0.921. The van der Waals surface area contributed by atoms with Crippen LogP contribution in [0.15, 0.2) is 18.2 Å². The number of carbonyl (C=O) groups is 1. The van der Waals surface area contributed by atoms with Gasteiger partial charge >= 0.3 is 0 Å². The summed E-state index contributed by atoms with van der Waals surface area (Å²) in [5.41, 5.74) is 13.1. The highest BCUT2D eigenvalue weighted by atomic mass is 32.2. The number of hydrogen-bond donors (Lipinski definition) is 2. The van der Waals surface area contributed by atoms with E-state index in [9.17, 15) is 4.79 Å². The molecule has 0 aliphatic carbocycles. The number of hydrogen-bond acceptors (Lipinski definition) is 4. The Bertz CT molecular complexity index is 402. The van der Waals surface area contributed by atoms with Gasteiger partial charge in [-0.1, -0.05) is 6.07 Å². The molecule has 16 heavy (non-hydrogen) atoms. The third kappa shape index (κ3) is 2.09. The minimum atomic E-state index is -0.467. The van der Waals surface area contributed by atoms with Crippen molar-refractivity contribution in [3.05, 3.63) is 23.8 Å². The lowest BCUT2D eigenvalue weighted by Gasteiger charge is -2.29. The Morgan fingerprint density at radius 2 is 2.00 bits per heavy atom. The summed E-state index contributed by atoms with van der Waals surface area (Å²) in [4.78, 5) is 13.4. The second-order valence-electron chi connectivity index (χ2n) is 3.70. The van der Waals surface area contributed by atoms with Crippen LogP contribution in [0, 0.1) is 0 Å². The van der Waals surface area contributed by atoms with E-state index in [-0.39, 0.29) is 0 Å². The molecule has 2 rings (SSSR count). The van der Waals surface area contributed by atoms with Crippen LogP contribution >= 0.6 is 11.8 Å². The summed E-state index contributed by atoms with van der Waals surface area (Å²) in [5, 5.41) is 0. The molecule has 0 saturated carbocycles. The van der Waals surface area contributed by atoms with E-state index in [1.807, 2.05) is 23.9 Å². The van der Waals surface area contributed by atoms with Crippen molar-refractivity contribution in [2.45, 2.75) is 0 Å². The zero-order valence-corrected chi connectivity index (χ0v) is 9.80. The van der Waals surface area contributed by atoms with Crippen LogP contribution in [0.5, 0.6) is 0 Å². The molecule has 5 heteroatoms. The lowest BCUT2D eigenvalue weighted by Crippen LogP contribution is -2.33. The van der Waals surface area contributed by atoms with Crippen LogP contribution in [-0.4, -0.2) is 30.5 Å². The molecule has 4 N–H and O–H groups in total. The van der Waals surface area contributed by atoms with Crippen LogP contribution in [0.1, 0.15) is 10.4 Å². The van der Waals surface area contributed by atoms with Gasteiger partial charge in [0, 0.05) is 24.6 Å². The van der Waals surface area contributed by atoms with Gasteiger partial charge in [-0.05, 0) is 12.1 Å². The van der Waals surface area contributed by atoms with Gasteiger partial charge in [-0.3, -0.25) is 4.79 Å². The number of rotatable bonds is 2.